The zero-order chi connectivity index (χ0) is 19.6. The summed E-state index contributed by atoms with van der Waals surface area (Å²) in [4.78, 5) is 11.5. The Morgan fingerprint density at radius 3 is 2.75 bits per heavy atom. The maximum absolute atomic E-state index is 11.8. The average Bonchev–Trinajstić information content (AvgIpc) is 3.14. The van der Waals surface area contributed by atoms with Gasteiger partial charge in [0.1, 0.15) is 11.6 Å². The average molecular weight is 382 g/mol. The van der Waals surface area contributed by atoms with E-state index in [4.69, 9.17) is 4.74 Å². The lowest BCUT2D eigenvalue weighted by atomic mass is 9.67. The molecule has 1 N–H and O–H groups in total. The van der Waals surface area contributed by atoms with Crippen LogP contribution in [0.5, 0.6) is 5.75 Å². The number of aryl methyl sites for hydroxylation is 1. The monoisotopic (exact) mass is 381 g/mol. The van der Waals surface area contributed by atoms with Crippen LogP contribution in [0.1, 0.15) is 49.6 Å². The molecule has 1 saturated heterocycles. The maximum atomic E-state index is 11.8. The summed E-state index contributed by atoms with van der Waals surface area (Å²) in [6, 6.07) is 7.96. The Bertz CT molecular complexity index is 795. The van der Waals surface area contributed by atoms with E-state index in [0.717, 1.165) is 68.0 Å². The summed E-state index contributed by atoms with van der Waals surface area (Å²) in [5.74, 6) is 2.47. The van der Waals surface area contributed by atoms with Gasteiger partial charge in [-0.2, -0.15) is 0 Å². The number of hydrogen-bond donors (Lipinski definition) is 1. The van der Waals surface area contributed by atoms with Gasteiger partial charge in [-0.25, -0.2) is 9.97 Å². The lowest BCUT2D eigenvalue weighted by Crippen LogP contribution is -2.43. The molecular formula is C23H31N3O2. The molecule has 1 aromatic carbocycles. The van der Waals surface area contributed by atoms with E-state index in [1.165, 1.54) is 6.42 Å². The number of para-hydroxylation sites is 1. The molecule has 1 aliphatic carbocycles. The van der Waals surface area contributed by atoms with Crippen molar-refractivity contribution in [2.24, 2.45) is 11.8 Å². The topological polar surface area (TPSA) is 58.5 Å². The predicted octanol–water partition coefficient (Wildman–Crippen LogP) is 3.56. The van der Waals surface area contributed by atoms with Crippen molar-refractivity contribution in [1.29, 1.82) is 0 Å². The van der Waals surface area contributed by atoms with Gasteiger partial charge in [-0.05, 0) is 37.7 Å². The van der Waals surface area contributed by atoms with Gasteiger partial charge in [0.05, 0.1) is 12.7 Å². The molecule has 0 spiro atoms. The highest BCUT2D eigenvalue weighted by Crippen LogP contribution is 2.50. The Labute approximate surface area is 167 Å². The first-order valence-electron chi connectivity index (χ1n) is 10.5. The van der Waals surface area contributed by atoms with Crippen LogP contribution in [0.4, 0.5) is 0 Å². The standard InChI is InChI=1S/C23H31N3O2/c1-3-7-22-24-12-17(13-25-22)14-26-15-18-8-6-11-23(27,20(18)16-26)19-9-4-5-10-21(19)28-2/h4-5,9-10,12-13,18,20,27H,3,6-8,11,14-16H2,1-2H3/t18-,20-,23-/m0/s1. The van der Waals surface area contributed by atoms with E-state index in [9.17, 15) is 5.11 Å². The Kier molecular flexibility index (Phi) is 5.65. The van der Waals surface area contributed by atoms with Gasteiger partial charge in [0.2, 0.25) is 0 Å². The van der Waals surface area contributed by atoms with E-state index in [2.05, 4.69) is 21.8 Å². The van der Waals surface area contributed by atoms with E-state index in [1.807, 2.05) is 36.7 Å². The van der Waals surface area contributed by atoms with Gasteiger partial charge in [0, 0.05) is 55.5 Å². The third-order valence-electron chi connectivity index (χ3n) is 6.47. The molecule has 1 saturated carbocycles. The molecule has 2 fully saturated rings. The fourth-order valence-corrected chi connectivity index (χ4v) is 5.15. The highest BCUT2D eigenvalue weighted by atomic mass is 16.5. The largest absolute Gasteiger partial charge is 0.496 e. The Morgan fingerprint density at radius 1 is 1.21 bits per heavy atom. The van der Waals surface area contributed by atoms with Crippen LogP contribution in [-0.4, -0.2) is 40.2 Å². The van der Waals surface area contributed by atoms with Gasteiger partial charge < -0.3 is 9.84 Å². The molecular weight excluding hydrogens is 350 g/mol. The summed E-state index contributed by atoms with van der Waals surface area (Å²) in [7, 11) is 1.69. The van der Waals surface area contributed by atoms with Crippen molar-refractivity contribution in [3.63, 3.8) is 0 Å². The second kappa shape index (κ2) is 8.18. The predicted molar refractivity (Wildman–Crippen MR) is 109 cm³/mol. The van der Waals surface area contributed by atoms with E-state index in [0.29, 0.717) is 5.92 Å². The molecule has 0 unspecified atom stereocenters. The minimum Gasteiger partial charge on any atom is -0.496 e. The number of benzene rings is 1. The summed E-state index contributed by atoms with van der Waals surface area (Å²) >= 11 is 0. The fourth-order valence-electron chi connectivity index (χ4n) is 5.15. The van der Waals surface area contributed by atoms with Crippen LogP contribution in [0.15, 0.2) is 36.7 Å². The fraction of sp³-hybridized carbons (Fsp3) is 0.565. The molecule has 2 aliphatic rings. The number of rotatable bonds is 6. The van der Waals surface area contributed by atoms with Gasteiger partial charge in [0.15, 0.2) is 0 Å². The van der Waals surface area contributed by atoms with Crippen LogP contribution in [0.25, 0.3) is 0 Å². The van der Waals surface area contributed by atoms with Gasteiger partial charge >= 0.3 is 0 Å². The quantitative estimate of drug-likeness (QED) is 0.829. The van der Waals surface area contributed by atoms with E-state index < -0.39 is 5.60 Å². The third kappa shape index (κ3) is 3.65. The number of aromatic nitrogens is 2. The molecule has 2 aromatic rings. The zero-order valence-corrected chi connectivity index (χ0v) is 17.0. The van der Waals surface area contributed by atoms with Crippen LogP contribution in [0, 0.1) is 11.8 Å². The summed E-state index contributed by atoms with van der Waals surface area (Å²) in [6.45, 7) is 4.92. The molecule has 0 radical (unpaired) electrons. The summed E-state index contributed by atoms with van der Waals surface area (Å²) in [5.41, 5.74) is 1.28. The molecule has 28 heavy (non-hydrogen) atoms. The summed E-state index contributed by atoms with van der Waals surface area (Å²) in [6.07, 6.45) is 8.97. The summed E-state index contributed by atoms with van der Waals surface area (Å²) < 4.78 is 5.58. The second-order valence-corrected chi connectivity index (χ2v) is 8.33. The smallest absolute Gasteiger partial charge is 0.128 e. The molecule has 0 bridgehead atoms. The molecule has 5 heteroatoms. The van der Waals surface area contributed by atoms with Crippen molar-refractivity contribution in [3.05, 3.63) is 53.6 Å². The Morgan fingerprint density at radius 2 is 2.00 bits per heavy atom. The van der Waals surface area contributed by atoms with Crippen molar-refractivity contribution in [3.8, 4) is 5.75 Å². The minimum absolute atomic E-state index is 0.234. The van der Waals surface area contributed by atoms with Gasteiger partial charge in [0.25, 0.3) is 0 Å². The van der Waals surface area contributed by atoms with Crippen molar-refractivity contribution < 1.29 is 9.84 Å². The zero-order valence-electron chi connectivity index (χ0n) is 17.0. The van der Waals surface area contributed by atoms with Gasteiger partial charge in [-0.3, -0.25) is 4.90 Å². The first-order chi connectivity index (χ1) is 13.6. The van der Waals surface area contributed by atoms with Crippen molar-refractivity contribution in [2.75, 3.05) is 20.2 Å². The Balaban J connectivity index is 1.51. The van der Waals surface area contributed by atoms with E-state index in [1.54, 1.807) is 7.11 Å². The number of aliphatic hydroxyl groups is 1. The molecule has 1 aromatic heterocycles. The highest BCUT2D eigenvalue weighted by Gasteiger charge is 2.50. The van der Waals surface area contributed by atoms with Crippen LogP contribution in [0.3, 0.4) is 0 Å². The van der Waals surface area contributed by atoms with E-state index in [-0.39, 0.29) is 5.92 Å². The van der Waals surface area contributed by atoms with Crippen LogP contribution in [-0.2, 0) is 18.6 Å². The molecule has 5 nitrogen and oxygen atoms in total. The molecule has 0 amide bonds. The third-order valence-corrected chi connectivity index (χ3v) is 6.47. The second-order valence-electron chi connectivity index (χ2n) is 8.33. The van der Waals surface area contributed by atoms with Crippen LogP contribution < -0.4 is 4.74 Å². The normalized spacial score (nSPS) is 27.5. The maximum Gasteiger partial charge on any atom is 0.128 e. The molecule has 1 aliphatic heterocycles. The number of ether oxygens (including phenoxy) is 1. The number of likely N-dealkylation sites (tertiary alicyclic amines) is 1. The number of methoxy groups -OCH3 is 1. The molecule has 2 heterocycles. The number of fused-ring (bicyclic) bond motifs is 1. The minimum atomic E-state index is -0.814. The molecule has 150 valence electrons. The number of hydrogen-bond acceptors (Lipinski definition) is 5. The first kappa shape index (κ1) is 19.3. The van der Waals surface area contributed by atoms with E-state index >= 15 is 0 Å². The molecule has 4 rings (SSSR count). The van der Waals surface area contributed by atoms with Gasteiger partial charge in [-0.15, -0.1) is 0 Å². The lowest BCUT2D eigenvalue weighted by Gasteiger charge is -2.42. The van der Waals surface area contributed by atoms with Crippen molar-refractivity contribution in [2.45, 2.75) is 51.2 Å². The van der Waals surface area contributed by atoms with Crippen LogP contribution in [0.2, 0.25) is 0 Å². The SMILES string of the molecule is CCCc1ncc(CN2C[C@@H]3CCC[C@](O)(c4ccccc4OC)[C@H]3C2)cn1. The van der Waals surface area contributed by atoms with Gasteiger partial charge in [-0.1, -0.05) is 25.1 Å². The Hall–Kier alpha value is -1.98. The van der Waals surface area contributed by atoms with Crippen LogP contribution >= 0.6 is 0 Å². The first-order valence-corrected chi connectivity index (χ1v) is 10.5. The lowest BCUT2D eigenvalue weighted by molar-refractivity contribution is -0.0662. The van der Waals surface area contributed by atoms with Crippen molar-refractivity contribution in [1.82, 2.24) is 14.9 Å². The highest BCUT2D eigenvalue weighted by molar-refractivity contribution is 5.39. The summed E-state index contributed by atoms with van der Waals surface area (Å²) in [5, 5.41) is 11.8. The van der Waals surface area contributed by atoms with Crippen molar-refractivity contribution >= 4 is 0 Å². The molecule has 3 atom stereocenters. The number of nitrogens with zero attached hydrogens (tertiary/aromatic N) is 3.